The topological polar surface area (TPSA) is 522 Å². The van der Waals surface area contributed by atoms with Gasteiger partial charge in [0.05, 0.1) is 31.8 Å². The van der Waals surface area contributed by atoms with Gasteiger partial charge in [0.1, 0.15) is 12.7 Å². The lowest BCUT2D eigenvalue weighted by molar-refractivity contribution is -0.117. The average Bonchev–Trinajstić information content (AvgIpc) is 0.818. The number of hydrogen-bond donors (Lipinski definition) is 20. The first-order chi connectivity index (χ1) is 61.9. The Labute approximate surface area is 798 Å². The number of aliphatic imine (C=N–C) groups is 6. The second-order valence-electron chi connectivity index (χ2n) is 40.3. The van der Waals surface area contributed by atoms with E-state index < -0.39 is 37.3 Å². The van der Waals surface area contributed by atoms with E-state index in [1.807, 2.05) is 52.0 Å². The predicted molar refractivity (Wildman–Crippen MR) is 553 cm³/mol. The highest BCUT2D eigenvalue weighted by Gasteiger charge is 2.32. The first kappa shape index (κ1) is 121. The van der Waals surface area contributed by atoms with Crippen molar-refractivity contribution in [3.63, 3.8) is 0 Å². The molecular formula is C102H168F5N25O2. The Morgan fingerprint density at radius 2 is 0.657 bits per heavy atom. The minimum Gasteiger partial charge on any atom is -0.390 e. The summed E-state index contributed by atoms with van der Waals surface area (Å²) in [6, 6.07) is 54.1. The van der Waals surface area contributed by atoms with Crippen molar-refractivity contribution in [1.82, 2.24) is 31.9 Å². The van der Waals surface area contributed by atoms with Gasteiger partial charge in [-0.05, 0) is 137 Å². The Balaban J connectivity index is 0.000000785. The molecule has 27 nitrogen and oxygen atoms in total. The highest BCUT2D eigenvalue weighted by atomic mass is 19.3. The molecule has 0 bridgehead atoms. The molecule has 0 saturated carbocycles. The summed E-state index contributed by atoms with van der Waals surface area (Å²) >= 11 is 0. The molecule has 3 unspecified atom stereocenters. The van der Waals surface area contributed by atoms with Gasteiger partial charge >= 0.3 is 6.05 Å². The number of nitrogens with two attached hydrogens (primary N) is 13. The fourth-order valence-electron chi connectivity index (χ4n) is 12.0. The molecule has 0 fully saturated rings. The molecule has 748 valence electrons. The van der Waals surface area contributed by atoms with Crippen LogP contribution >= 0.6 is 0 Å². The van der Waals surface area contributed by atoms with Gasteiger partial charge in [-0.25, -0.2) is 18.2 Å². The Kier molecular flexibility index (Phi) is 53.5. The number of alkyl halides is 5. The Morgan fingerprint density at radius 1 is 0.358 bits per heavy atom. The first-order valence-electron chi connectivity index (χ1n) is 45.6. The number of nitrogens with one attached hydrogen (secondary N) is 6. The average molecular weight is 1870 g/mol. The molecule has 0 heterocycles. The zero-order valence-electron chi connectivity index (χ0n) is 84.3. The van der Waals surface area contributed by atoms with Crippen molar-refractivity contribution in [1.29, 1.82) is 0 Å². The Hall–Kier alpha value is -10.8. The van der Waals surface area contributed by atoms with Crippen LogP contribution in [0.2, 0.25) is 0 Å². The van der Waals surface area contributed by atoms with E-state index in [0.29, 0.717) is 52.2 Å². The van der Waals surface area contributed by atoms with Crippen LogP contribution in [-0.2, 0) is 88.0 Å². The number of aliphatic hydroxyl groups is 1. The van der Waals surface area contributed by atoms with Crippen molar-refractivity contribution in [2.75, 3.05) is 65.4 Å². The summed E-state index contributed by atoms with van der Waals surface area (Å²) in [4.78, 5) is 33.3. The molecule has 3 atom stereocenters. The number of guanidine groups is 6. The van der Waals surface area contributed by atoms with Gasteiger partial charge in [-0.15, -0.1) is 0 Å². The lowest BCUT2D eigenvalue weighted by Gasteiger charge is -2.22. The highest BCUT2D eigenvalue weighted by molar-refractivity contribution is 5.91. The summed E-state index contributed by atoms with van der Waals surface area (Å²) < 4.78 is 68.2. The molecule has 0 spiro atoms. The second-order valence-corrected chi connectivity index (χ2v) is 40.3. The van der Waals surface area contributed by atoms with Gasteiger partial charge in [0.15, 0.2) is 35.8 Å². The van der Waals surface area contributed by atoms with Gasteiger partial charge in [-0.2, -0.15) is 13.8 Å². The van der Waals surface area contributed by atoms with E-state index in [2.05, 4.69) is 308 Å². The third kappa shape index (κ3) is 57.0. The van der Waals surface area contributed by atoms with Crippen LogP contribution in [0.5, 0.6) is 0 Å². The number of carbonyl (C=O) groups excluding carboxylic acids is 1. The normalized spacial score (nSPS) is 12.4. The quantitative estimate of drug-likeness (QED) is 0.00570. The molecule has 7 aromatic carbocycles. The van der Waals surface area contributed by atoms with Crippen LogP contribution in [0.3, 0.4) is 0 Å². The summed E-state index contributed by atoms with van der Waals surface area (Å²) in [5.74, 6) is -3.72. The maximum absolute atomic E-state index is 14.0. The molecule has 0 aromatic heterocycles. The fourth-order valence-corrected chi connectivity index (χ4v) is 12.0. The molecule has 0 radical (unpaired) electrons. The smallest absolute Gasteiger partial charge is 0.329 e. The van der Waals surface area contributed by atoms with Gasteiger partial charge in [-0.3, -0.25) is 30.1 Å². The standard InChI is InChI=1S/C16H28N4.2C15H24F2N4.C15H25FN4.C15H26N4O.C15H24N4O.C11H17N/c1-12(20-15(17)18)9-10-19-11-13-5-7-14(8-6-13)16(2,3)4;1-14(2,3)11-5-7-12(8-6-11)15(16,17)21-10-4-9-20-13(18)19;1-14(2,3)12-6-4-11(5-7-12)8-20-9-15(16,17)10-21-13(18)19;1-15(2,3)12-6-4-11(5-7-12)8-19-9-13(16)10-20-14(17)18;1-15(2,3)12-6-4-11(5-7-12)8-18-9-13(20)10-19-14(16)17;1-15(2,3)12-6-4-11(5-7-12)10-18-9-8-13(20)19-14(16)17;1-11(2,3)10-6-4-9(8-12)5-7-10/h5-8,12,19H,9-11H2,1-4H3,(H4,17,18,20);5-8,21H,4,9-10H2,1-3H3,(H4,18,19,20);4-7,20H,8-10H2,1-3H3,(H4,18,19,21);4-7,13,19H,8-10H2,1-3H3,(H4,17,18,20);4-7,13,18,20H,8-10H2,1-3H3,(H4,16,17,19);4-7,18H,8-10H2,1-3H3,(H4,16,17,19,20);4-7H,8,12H2,1-3H3. The van der Waals surface area contributed by atoms with Gasteiger partial charge in [-0.1, -0.05) is 315 Å². The third-order valence-electron chi connectivity index (χ3n) is 20.3. The molecule has 0 aliphatic heterocycles. The van der Waals surface area contributed by atoms with Crippen LogP contribution in [0.1, 0.15) is 249 Å². The van der Waals surface area contributed by atoms with Crippen molar-refractivity contribution in [2.45, 2.75) is 279 Å². The lowest BCUT2D eigenvalue weighted by atomic mass is 9.86. The number of hydrogen-bond acceptors (Lipinski definition) is 14. The fraction of sp³-hybridized carbons (Fsp3) is 0.520. The Bertz CT molecular complexity index is 4510. The van der Waals surface area contributed by atoms with E-state index in [4.69, 9.17) is 74.5 Å². The third-order valence-corrected chi connectivity index (χ3v) is 20.3. The van der Waals surface area contributed by atoms with Crippen molar-refractivity contribution in [3.05, 3.63) is 248 Å². The zero-order chi connectivity index (χ0) is 102. The van der Waals surface area contributed by atoms with E-state index in [9.17, 15) is 31.9 Å². The van der Waals surface area contributed by atoms with Crippen LogP contribution in [0, 0.1) is 0 Å². The van der Waals surface area contributed by atoms with Crippen LogP contribution in [-0.4, -0.2) is 136 Å². The number of nitrogens with zero attached hydrogens (tertiary/aromatic N) is 6. The maximum atomic E-state index is 14.0. The first-order valence-corrected chi connectivity index (χ1v) is 45.6. The number of rotatable bonds is 36. The summed E-state index contributed by atoms with van der Waals surface area (Å²) in [5, 5.41) is 27.4. The van der Waals surface area contributed by atoms with E-state index in [1.165, 1.54) is 67.8 Å². The Morgan fingerprint density at radius 3 is 0.978 bits per heavy atom. The number of halogens is 5. The minimum atomic E-state index is -3.06. The van der Waals surface area contributed by atoms with E-state index in [0.717, 1.165) is 42.7 Å². The summed E-state index contributed by atoms with van der Waals surface area (Å²) in [6.45, 7) is 53.1. The number of carbonyl (C=O) groups is 1. The summed E-state index contributed by atoms with van der Waals surface area (Å²) in [7, 11) is 0. The molecule has 7 aromatic rings. The predicted octanol–water partition coefficient (Wildman–Crippen LogP) is 12.5. The number of amides is 1. The molecule has 33 N–H and O–H groups in total. The van der Waals surface area contributed by atoms with Crippen LogP contribution < -0.4 is 106 Å². The molecule has 134 heavy (non-hydrogen) atoms. The molecule has 0 aliphatic rings. The van der Waals surface area contributed by atoms with Crippen LogP contribution in [0.15, 0.2) is 200 Å². The van der Waals surface area contributed by atoms with Crippen LogP contribution in [0.4, 0.5) is 22.0 Å². The SMILES string of the molecule is CC(C)(C)c1ccc(C(F)(F)NCCCN=C(N)N)cc1.CC(C)(C)c1ccc(CN)cc1.CC(C)(C)c1ccc(CNCC(F)(F)CN=C(N)N)cc1.CC(C)(C)c1ccc(CNCC(F)CN=C(N)N)cc1.CC(C)(C)c1ccc(CNCC(O)CN=C(N)N)cc1.CC(C)(C)c1ccc(CNCCC(=O)N=C(N)N)cc1.CC(CCNCc1ccc(C(C)(C)C)cc1)N=C(N)N. The molecule has 7 rings (SSSR count). The minimum absolute atomic E-state index is 0.00168. The molecule has 1 amide bonds. The van der Waals surface area contributed by atoms with Crippen molar-refractivity contribution < 1.29 is 31.9 Å². The van der Waals surface area contributed by atoms with Crippen molar-refractivity contribution >= 4 is 41.7 Å². The highest BCUT2D eigenvalue weighted by Crippen LogP contribution is 2.31. The van der Waals surface area contributed by atoms with Gasteiger partial charge < -0.3 is 106 Å². The second kappa shape index (κ2) is 59.1. The van der Waals surface area contributed by atoms with Gasteiger partial charge in [0.2, 0.25) is 5.91 Å². The molecule has 0 saturated heterocycles. The monoisotopic (exact) mass is 1870 g/mol. The summed E-state index contributed by atoms with van der Waals surface area (Å²) in [5.41, 5.74) is 84.3. The molecular weight excluding hydrogens is 1700 g/mol. The molecule has 0 aliphatic carbocycles. The number of aliphatic hydroxyl groups excluding tert-OH is 1. The summed E-state index contributed by atoms with van der Waals surface area (Å²) in [6.07, 6.45) is 0.000613. The van der Waals surface area contributed by atoms with E-state index >= 15 is 0 Å². The molecule has 32 heteroatoms. The largest absolute Gasteiger partial charge is 0.390 e. The lowest BCUT2D eigenvalue weighted by Crippen LogP contribution is -2.36. The van der Waals surface area contributed by atoms with Crippen molar-refractivity contribution in [3.8, 4) is 0 Å². The zero-order valence-corrected chi connectivity index (χ0v) is 84.3. The van der Waals surface area contributed by atoms with Crippen molar-refractivity contribution in [2.24, 2.45) is 104 Å². The van der Waals surface area contributed by atoms with Crippen LogP contribution in [0.25, 0.3) is 0 Å². The van der Waals surface area contributed by atoms with Gasteiger partial charge in [0, 0.05) is 84.0 Å². The number of benzene rings is 7. The maximum Gasteiger partial charge on any atom is 0.329 e. The van der Waals surface area contributed by atoms with Gasteiger partial charge in [0.25, 0.3) is 5.92 Å². The van der Waals surface area contributed by atoms with E-state index in [1.54, 1.807) is 12.1 Å². The van der Waals surface area contributed by atoms with E-state index in [-0.39, 0.29) is 124 Å².